The van der Waals surface area contributed by atoms with Gasteiger partial charge in [-0.1, -0.05) is 30.9 Å². The van der Waals surface area contributed by atoms with Gasteiger partial charge in [0.05, 0.1) is 12.2 Å². The maximum atomic E-state index is 4.36. The van der Waals surface area contributed by atoms with E-state index in [2.05, 4.69) is 16.6 Å². The summed E-state index contributed by atoms with van der Waals surface area (Å²) >= 11 is 0. The minimum atomic E-state index is 0.623. The molecule has 2 heterocycles. The standard InChI is InChI=1S/C14H14N2/c1-11-5-6-13-4-3-7-16-14(13)10-15-9-12(2)8-11/h3-9H,1,10H2,2H3/b6-5-,12-8?,15-9?. The van der Waals surface area contributed by atoms with Crippen molar-refractivity contribution in [2.75, 3.05) is 0 Å². The smallest absolute Gasteiger partial charge is 0.0817 e. The fourth-order valence-corrected chi connectivity index (χ4v) is 1.59. The molecule has 0 bridgehead atoms. The first-order valence-electron chi connectivity index (χ1n) is 5.25. The first-order valence-corrected chi connectivity index (χ1v) is 5.25. The molecule has 0 saturated heterocycles. The molecule has 80 valence electrons. The monoisotopic (exact) mass is 210 g/mol. The molecule has 2 nitrogen and oxygen atoms in total. The zero-order valence-electron chi connectivity index (χ0n) is 9.35. The number of aromatic nitrogens is 1. The van der Waals surface area contributed by atoms with E-state index in [1.54, 1.807) is 6.20 Å². The van der Waals surface area contributed by atoms with E-state index in [0.29, 0.717) is 6.54 Å². The third-order valence-electron chi connectivity index (χ3n) is 2.35. The van der Waals surface area contributed by atoms with Crippen molar-refractivity contribution < 1.29 is 0 Å². The van der Waals surface area contributed by atoms with E-state index < -0.39 is 0 Å². The second kappa shape index (κ2) is 4.71. The highest BCUT2D eigenvalue weighted by Crippen LogP contribution is 2.12. The molecule has 0 aliphatic carbocycles. The highest BCUT2D eigenvalue weighted by atomic mass is 14.8. The number of allylic oxidation sites excluding steroid dienone is 4. The average molecular weight is 210 g/mol. The summed E-state index contributed by atoms with van der Waals surface area (Å²) in [6.45, 7) is 6.61. The molecule has 0 atom stereocenters. The first-order chi connectivity index (χ1) is 7.75. The zero-order chi connectivity index (χ0) is 11.4. The van der Waals surface area contributed by atoms with Crippen molar-refractivity contribution in [3.8, 4) is 0 Å². The Morgan fingerprint density at radius 1 is 1.31 bits per heavy atom. The molecule has 0 spiro atoms. The molecular weight excluding hydrogens is 196 g/mol. The molecule has 0 radical (unpaired) electrons. The van der Waals surface area contributed by atoms with Gasteiger partial charge in [0.25, 0.3) is 0 Å². The molecule has 0 amide bonds. The molecule has 0 saturated carbocycles. The highest BCUT2D eigenvalue weighted by molar-refractivity contribution is 5.79. The topological polar surface area (TPSA) is 25.2 Å². The molecule has 1 aromatic rings. The lowest BCUT2D eigenvalue weighted by Crippen LogP contribution is -1.93. The van der Waals surface area contributed by atoms with Crippen LogP contribution in [0.2, 0.25) is 0 Å². The van der Waals surface area contributed by atoms with Crippen molar-refractivity contribution in [1.82, 2.24) is 4.98 Å². The van der Waals surface area contributed by atoms with Gasteiger partial charge in [-0.2, -0.15) is 0 Å². The molecule has 16 heavy (non-hydrogen) atoms. The third kappa shape index (κ3) is 2.54. The molecule has 1 aromatic heterocycles. The Bertz CT molecular complexity index is 493. The summed E-state index contributed by atoms with van der Waals surface area (Å²) in [5, 5.41) is 0. The normalized spacial score (nSPS) is 17.6. The molecular formula is C14H14N2. The van der Waals surface area contributed by atoms with Gasteiger partial charge in [0.2, 0.25) is 0 Å². The van der Waals surface area contributed by atoms with E-state index in [1.165, 1.54) is 0 Å². The van der Waals surface area contributed by atoms with Crippen molar-refractivity contribution in [3.63, 3.8) is 0 Å². The molecule has 1 aliphatic rings. The van der Waals surface area contributed by atoms with Gasteiger partial charge in [-0.25, -0.2) is 0 Å². The second-order valence-electron chi connectivity index (χ2n) is 3.81. The van der Waals surface area contributed by atoms with Crippen LogP contribution in [-0.4, -0.2) is 11.2 Å². The summed E-state index contributed by atoms with van der Waals surface area (Å²) in [5.41, 5.74) is 4.18. The quantitative estimate of drug-likeness (QED) is 0.645. The van der Waals surface area contributed by atoms with Crippen LogP contribution in [0.25, 0.3) is 6.08 Å². The van der Waals surface area contributed by atoms with E-state index >= 15 is 0 Å². The third-order valence-corrected chi connectivity index (χ3v) is 2.35. The molecule has 0 aromatic carbocycles. The first kappa shape index (κ1) is 10.6. The minimum Gasteiger partial charge on any atom is -0.286 e. The van der Waals surface area contributed by atoms with Crippen LogP contribution < -0.4 is 0 Å². The molecule has 0 fully saturated rings. The van der Waals surface area contributed by atoms with Crippen molar-refractivity contribution in [1.29, 1.82) is 0 Å². The van der Waals surface area contributed by atoms with Crippen LogP contribution in [0.3, 0.4) is 0 Å². The van der Waals surface area contributed by atoms with Gasteiger partial charge < -0.3 is 0 Å². The van der Waals surface area contributed by atoms with E-state index in [1.807, 2.05) is 43.5 Å². The van der Waals surface area contributed by atoms with E-state index in [0.717, 1.165) is 22.4 Å². The maximum absolute atomic E-state index is 4.36. The van der Waals surface area contributed by atoms with Gasteiger partial charge >= 0.3 is 0 Å². The summed E-state index contributed by atoms with van der Waals surface area (Å²) in [6, 6.07) is 3.97. The largest absolute Gasteiger partial charge is 0.286 e. The fraction of sp³-hybridized carbons (Fsp3) is 0.143. The Labute approximate surface area is 95.8 Å². The predicted molar refractivity (Wildman–Crippen MR) is 68.4 cm³/mol. The minimum absolute atomic E-state index is 0.623. The van der Waals surface area contributed by atoms with Gasteiger partial charge in [0.1, 0.15) is 0 Å². The number of rotatable bonds is 0. The van der Waals surface area contributed by atoms with Crippen molar-refractivity contribution >= 4 is 12.3 Å². The summed E-state index contributed by atoms with van der Waals surface area (Å²) < 4.78 is 0. The Morgan fingerprint density at radius 2 is 2.19 bits per heavy atom. The Morgan fingerprint density at radius 3 is 3.06 bits per heavy atom. The van der Waals surface area contributed by atoms with Gasteiger partial charge in [-0.15, -0.1) is 0 Å². The lowest BCUT2D eigenvalue weighted by atomic mass is 10.1. The predicted octanol–water partition coefficient (Wildman–Crippen LogP) is 3.18. The SMILES string of the molecule is C=C1C=C(C)C=NCc2ncccc2/C=C\1. The Balaban J connectivity index is 2.43. The summed E-state index contributed by atoms with van der Waals surface area (Å²) in [7, 11) is 0. The van der Waals surface area contributed by atoms with Gasteiger partial charge in [0, 0.05) is 12.4 Å². The summed E-state index contributed by atoms with van der Waals surface area (Å²) in [6.07, 6.45) is 9.72. The maximum Gasteiger partial charge on any atom is 0.0817 e. The number of aliphatic imine (C=N–C) groups is 1. The van der Waals surface area contributed by atoms with Crippen molar-refractivity contribution in [3.05, 3.63) is 59.5 Å². The number of fused-ring (bicyclic) bond motifs is 1. The second-order valence-corrected chi connectivity index (χ2v) is 3.81. The van der Waals surface area contributed by atoms with Crippen molar-refractivity contribution in [2.45, 2.75) is 13.5 Å². The van der Waals surface area contributed by atoms with E-state index in [-0.39, 0.29) is 0 Å². The zero-order valence-corrected chi connectivity index (χ0v) is 9.35. The average Bonchev–Trinajstić information content (AvgIpc) is 2.27. The van der Waals surface area contributed by atoms with Crippen LogP contribution in [0.15, 0.2) is 53.2 Å². The Hall–Kier alpha value is -1.96. The summed E-state index contributed by atoms with van der Waals surface area (Å²) in [4.78, 5) is 8.69. The number of hydrogen-bond acceptors (Lipinski definition) is 2. The lowest BCUT2D eigenvalue weighted by Gasteiger charge is -2.03. The fourth-order valence-electron chi connectivity index (χ4n) is 1.59. The lowest BCUT2D eigenvalue weighted by molar-refractivity contribution is 0.988. The number of hydrogen-bond donors (Lipinski definition) is 0. The van der Waals surface area contributed by atoms with Gasteiger partial charge in [0.15, 0.2) is 0 Å². The number of nitrogens with zero attached hydrogens (tertiary/aromatic N) is 2. The molecule has 2 rings (SSSR count). The highest BCUT2D eigenvalue weighted by Gasteiger charge is 1.99. The molecule has 2 heteroatoms. The number of pyridine rings is 1. The Kier molecular flexibility index (Phi) is 3.10. The summed E-state index contributed by atoms with van der Waals surface area (Å²) in [5.74, 6) is 0. The van der Waals surface area contributed by atoms with Gasteiger partial charge in [-0.05, 0) is 29.7 Å². The van der Waals surface area contributed by atoms with E-state index in [4.69, 9.17) is 0 Å². The molecule has 0 unspecified atom stereocenters. The van der Waals surface area contributed by atoms with Crippen LogP contribution in [0, 0.1) is 0 Å². The van der Waals surface area contributed by atoms with Crippen LogP contribution in [0.5, 0.6) is 0 Å². The van der Waals surface area contributed by atoms with E-state index in [9.17, 15) is 0 Å². The van der Waals surface area contributed by atoms with Gasteiger partial charge in [-0.3, -0.25) is 9.98 Å². The van der Waals surface area contributed by atoms with Crippen LogP contribution >= 0.6 is 0 Å². The van der Waals surface area contributed by atoms with Crippen LogP contribution in [-0.2, 0) is 6.54 Å². The van der Waals surface area contributed by atoms with Crippen LogP contribution in [0.1, 0.15) is 18.2 Å². The van der Waals surface area contributed by atoms with Crippen molar-refractivity contribution in [2.24, 2.45) is 4.99 Å². The van der Waals surface area contributed by atoms with Crippen LogP contribution in [0.4, 0.5) is 0 Å². The molecule has 1 aliphatic heterocycles. The molecule has 0 N–H and O–H groups in total.